The molecule has 1 aliphatic heterocycles. The highest BCUT2D eigenvalue weighted by Gasteiger charge is 2.29. The fourth-order valence-corrected chi connectivity index (χ4v) is 6.08. The van der Waals surface area contributed by atoms with E-state index in [0.29, 0.717) is 25.0 Å². The number of hydrogen-bond acceptors (Lipinski definition) is 6. The normalized spacial score (nSPS) is 20.8. The predicted molar refractivity (Wildman–Crippen MR) is 117 cm³/mol. The molecule has 2 aromatic carbocycles. The van der Waals surface area contributed by atoms with E-state index >= 15 is 0 Å². The van der Waals surface area contributed by atoms with Crippen LogP contribution in [0.2, 0.25) is 0 Å². The van der Waals surface area contributed by atoms with Gasteiger partial charge in [0.15, 0.2) is 9.84 Å². The molecule has 2 aliphatic rings. The molecule has 0 amide bonds. The monoisotopic (exact) mass is 460 g/mol. The molecule has 1 aliphatic carbocycles. The summed E-state index contributed by atoms with van der Waals surface area (Å²) in [5.74, 6) is 0.462. The van der Waals surface area contributed by atoms with Crippen molar-refractivity contribution in [3.05, 3.63) is 77.9 Å². The van der Waals surface area contributed by atoms with Crippen LogP contribution in [-0.4, -0.2) is 34.8 Å². The smallest absolute Gasteiger partial charge is 0.297 e. The van der Waals surface area contributed by atoms with Gasteiger partial charge in [0.05, 0.1) is 15.0 Å². The standard InChI is InChI=1S/C23H24O6S2/c1-17-7-12-21(13-8-17)31(26,27)28-16-19-11-9-18-10-14-22(15-23(18)29-19)30(24,25)20-5-3-2-4-6-20/h2-5,7-8,10,12-15,19-20H,6,9,11,16H2,1H3/t19-,20?/m0/s1. The zero-order valence-corrected chi connectivity index (χ0v) is 18.7. The molecular formula is C23H24O6S2. The van der Waals surface area contributed by atoms with Gasteiger partial charge in [0.1, 0.15) is 18.5 Å². The minimum Gasteiger partial charge on any atom is -0.488 e. The SMILES string of the molecule is Cc1ccc(S(=O)(=O)OC[C@@H]2CCc3ccc(S(=O)(=O)C4C=CC=CC4)cc3O2)cc1. The van der Waals surface area contributed by atoms with Gasteiger partial charge in [-0.3, -0.25) is 4.18 Å². The van der Waals surface area contributed by atoms with Crippen molar-refractivity contribution in [2.75, 3.05) is 6.61 Å². The maximum atomic E-state index is 12.9. The van der Waals surface area contributed by atoms with Gasteiger partial charge in [0, 0.05) is 0 Å². The van der Waals surface area contributed by atoms with Crippen LogP contribution in [0.4, 0.5) is 0 Å². The third-order valence-electron chi connectivity index (χ3n) is 5.46. The van der Waals surface area contributed by atoms with Crippen molar-refractivity contribution in [3.63, 3.8) is 0 Å². The molecule has 8 heteroatoms. The minimum atomic E-state index is -3.89. The molecule has 0 saturated carbocycles. The van der Waals surface area contributed by atoms with Crippen LogP contribution in [0.1, 0.15) is 24.0 Å². The molecule has 164 valence electrons. The van der Waals surface area contributed by atoms with Gasteiger partial charge in [-0.2, -0.15) is 8.42 Å². The lowest BCUT2D eigenvalue weighted by Gasteiger charge is -2.26. The minimum absolute atomic E-state index is 0.0947. The summed E-state index contributed by atoms with van der Waals surface area (Å²) < 4.78 is 61.9. The Bertz CT molecular complexity index is 1230. The zero-order chi connectivity index (χ0) is 22.1. The Balaban J connectivity index is 1.47. The topological polar surface area (TPSA) is 86.7 Å². The molecule has 0 spiro atoms. The van der Waals surface area contributed by atoms with Gasteiger partial charge in [0.25, 0.3) is 10.1 Å². The molecule has 2 aromatic rings. The van der Waals surface area contributed by atoms with E-state index < -0.39 is 31.3 Å². The van der Waals surface area contributed by atoms with Crippen LogP contribution in [-0.2, 0) is 30.6 Å². The van der Waals surface area contributed by atoms with Crippen molar-refractivity contribution in [2.45, 2.75) is 47.3 Å². The van der Waals surface area contributed by atoms with E-state index in [1.807, 2.05) is 19.1 Å². The van der Waals surface area contributed by atoms with Gasteiger partial charge < -0.3 is 4.74 Å². The Hall–Kier alpha value is -2.42. The molecule has 0 saturated heterocycles. The highest BCUT2D eigenvalue weighted by Crippen LogP contribution is 2.32. The second kappa shape index (κ2) is 8.61. The maximum Gasteiger partial charge on any atom is 0.297 e. The number of ether oxygens (including phenoxy) is 1. The average Bonchev–Trinajstić information content (AvgIpc) is 2.78. The second-order valence-corrected chi connectivity index (χ2v) is 11.5. The summed E-state index contributed by atoms with van der Waals surface area (Å²) in [7, 11) is -7.42. The fraction of sp³-hybridized carbons (Fsp3) is 0.304. The number of hydrogen-bond donors (Lipinski definition) is 0. The van der Waals surface area contributed by atoms with Crippen LogP contribution in [0.3, 0.4) is 0 Å². The van der Waals surface area contributed by atoms with E-state index in [1.165, 1.54) is 18.2 Å². The molecule has 0 aromatic heterocycles. The van der Waals surface area contributed by atoms with Crippen molar-refractivity contribution in [1.29, 1.82) is 0 Å². The second-order valence-electron chi connectivity index (χ2n) is 7.73. The Morgan fingerprint density at radius 2 is 1.74 bits per heavy atom. The van der Waals surface area contributed by atoms with Gasteiger partial charge in [-0.15, -0.1) is 0 Å². The van der Waals surface area contributed by atoms with Crippen molar-refractivity contribution in [3.8, 4) is 5.75 Å². The average molecular weight is 461 g/mol. The fourth-order valence-electron chi connectivity index (χ4n) is 3.60. The molecule has 1 heterocycles. The lowest BCUT2D eigenvalue weighted by atomic mass is 10.0. The van der Waals surface area contributed by atoms with E-state index in [4.69, 9.17) is 8.92 Å². The predicted octanol–water partition coefficient (Wildman–Crippen LogP) is 3.75. The first kappa shape index (κ1) is 21.8. The number of allylic oxidation sites excluding steroid dienone is 3. The van der Waals surface area contributed by atoms with Gasteiger partial charge in [-0.1, -0.05) is 48.1 Å². The maximum absolute atomic E-state index is 12.9. The van der Waals surface area contributed by atoms with Crippen LogP contribution >= 0.6 is 0 Å². The van der Waals surface area contributed by atoms with Gasteiger partial charge in [-0.05, 0) is 56.0 Å². The quantitative estimate of drug-likeness (QED) is 0.610. The van der Waals surface area contributed by atoms with Gasteiger partial charge in [0.2, 0.25) is 0 Å². The summed E-state index contributed by atoms with van der Waals surface area (Å²) in [6.45, 7) is 1.74. The van der Waals surface area contributed by atoms with Crippen LogP contribution in [0.25, 0.3) is 0 Å². The highest BCUT2D eigenvalue weighted by atomic mass is 32.2. The summed E-state index contributed by atoms with van der Waals surface area (Å²) in [6, 6.07) is 11.4. The molecule has 6 nitrogen and oxygen atoms in total. The molecule has 0 radical (unpaired) electrons. The van der Waals surface area contributed by atoms with Crippen LogP contribution in [0, 0.1) is 6.92 Å². The summed E-state index contributed by atoms with van der Waals surface area (Å²) in [5.41, 5.74) is 1.85. The largest absolute Gasteiger partial charge is 0.488 e. The Morgan fingerprint density at radius 3 is 2.45 bits per heavy atom. The van der Waals surface area contributed by atoms with E-state index in [1.54, 1.807) is 36.4 Å². The molecule has 4 rings (SSSR count). The lowest BCUT2D eigenvalue weighted by molar-refractivity contribution is 0.112. The number of rotatable bonds is 6. The Morgan fingerprint density at radius 1 is 1.00 bits per heavy atom. The Kier molecular flexibility index (Phi) is 6.05. The lowest BCUT2D eigenvalue weighted by Crippen LogP contribution is -2.29. The molecule has 31 heavy (non-hydrogen) atoms. The zero-order valence-electron chi connectivity index (χ0n) is 17.1. The molecule has 0 bridgehead atoms. The van der Waals surface area contributed by atoms with Crippen LogP contribution < -0.4 is 4.74 Å². The van der Waals surface area contributed by atoms with E-state index in [9.17, 15) is 16.8 Å². The number of aryl methyl sites for hydroxylation is 2. The van der Waals surface area contributed by atoms with E-state index in [0.717, 1.165) is 11.1 Å². The molecule has 0 N–H and O–H groups in total. The van der Waals surface area contributed by atoms with Crippen LogP contribution in [0.5, 0.6) is 5.75 Å². The molecule has 2 atom stereocenters. The van der Waals surface area contributed by atoms with Crippen molar-refractivity contribution >= 4 is 20.0 Å². The first-order valence-electron chi connectivity index (χ1n) is 10.1. The molecular weight excluding hydrogens is 436 g/mol. The summed E-state index contributed by atoms with van der Waals surface area (Å²) in [5, 5.41) is -0.599. The number of fused-ring (bicyclic) bond motifs is 1. The van der Waals surface area contributed by atoms with Crippen molar-refractivity contribution < 1.29 is 25.8 Å². The number of benzene rings is 2. The summed E-state index contributed by atoms with van der Waals surface area (Å²) >= 11 is 0. The third kappa shape index (κ3) is 4.76. The van der Waals surface area contributed by atoms with Gasteiger partial charge >= 0.3 is 0 Å². The number of sulfone groups is 1. The van der Waals surface area contributed by atoms with E-state index in [-0.39, 0.29) is 16.4 Å². The van der Waals surface area contributed by atoms with Crippen molar-refractivity contribution in [1.82, 2.24) is 0 Å². The summed E-state index contributed by atoms with van der Waals surface area (Å²) in [6.07, 6.45) is 8.27. The van der Waals surface area contributed by atoms with Crippen LogP contribution in [0.15, 0.2) is 76.6 Å². The van der Waals surface area contributed by atoms with E-state index in [2.05, 4.69) is 0 Å². The Labute approximate surface area is 183 Å². The molecule has 0 fully saturated rings. The first-order chi connectivity index (χ1) is 14.8. The van der Waals surface area contributed by atoms with Gasteiger partial charge in [-0.25, -0.2) is 8.42 Å². The van der Waals surface area contributed by atoms with Crippen molar-refractivity contribution in [2.24, 2.45) is 0 Å². The third-order valence-corrected chi connectivity index (χ3v) is 8.81. The first-order valence-corrected chi connectivity index (χ1v) is 13.0. The highest BCUT2D eigenvalue weighted by molar-refractivity contribution is 7.92. The molecule has 1 unspecified atom stereocenters. The summed E-state index contributed by atoms with van der Waals surface area (Å²) in [4.78, 5) is 0.294.